The fraction of sp³-hybridized carbons (Fsp3) is 0.375. The third-order valence-electron chi connectivity index (χ3n) is 1.86. The minimum atomic E-state index is -4.83. The van der Waals surface area contributed by atoms with Gasteiger partial charge < -0.3 is 5.73 Å². The number of alkyl halides is 6. The number of nitrogens with two attached hydrogens (primary N) is 1. The molecule has 0 unspecified atom stereocenters. The van der Waals surface area contributed by atoms with E-state index >= 15 is 0 Å². The summed E-state index contributed by atoms with van der Waals surface area (Å²) in [6.45, 7) is 0. The average Bonchev–Trinajstić information content (AvgIpc) is 2.14. The van der Waals surface area contributed by atoms with E-state index in [-0.39, 0.29) is 0 Å². The predicted molar refractivity (Wildman–Crippen MR) is 48.2 cm³/mol. The zero-order valence-corrected chi connectivity index (χ0v) is 8.41. The van der Waals surface area contributed by atoms with Gasteiger partial charge in [0.25, 0.3) is 6.43 Å². The molecule has 0 aliphatic carbocycles. The molecule has 1 aromatic rings. The minimum absolute atomic E-state index is 0.420. The molecule has 2 nitrogen and oxygen atoms in total. The first-order valence-corrected chi connectivity index (χ1v) is 4.51. The Kier molecular flexibility index (Phi) is 3.57. The lowest BCUT2D eigenvalue weighted by Crippen LogP contribution is -2.15. The molecule has 0 radical (unpaired) electrons. The number of hydrogen-bond donors (Lipinski definition) is 1. The molecule has 0 aliphatic heterocycles. The van der Waals surface area contributed by atoms with Gasteiger partial charge in [0.1, 0.15) is 5.69 Å². The van der Waals surface area contributed by atoms with Crippen LogP contribution in [0.1, 0.15) is 23.2 Å². The molecule has 0 atom stereocenters. The molecule has 0 saturated heterocycles. The van der Waals surface area contributed by atoms with E-state index in [0.29, 0.717) is 6.20 Å². The van der Waals surface area contributed by atoms with Gasteiger partial charge in [0, 0.05) is 12.1 Å². The Labute approximate surface area is 92.2 Å². The molecule has 2 N–H and O–H groups in total. The summed E-state index contributed by atoms with van der Waals surface area (Å²) < 4.78 is 62.2. The maximum Gasteiger partial charge on any atom is 0.418 e. The second kappa shape index (κ2) is 4.40. The predicted octanol–water partition coefficient (Wildman–Crippen LogP) is 3.36. The smallest absolute Gasteiger partial charge is 0.397 e. The highest BCUT2D eigenvalue weighted by atomic mass is 35.5. The molecule has 0 spiro atoms. The summed E-state index contributed by atoms with van der Waals surface area (Å²) in [5.74, 6) is -0.504. The lowest BCUT2D eigenvalue weighted by Gasteiger charge is -2.15. The molecular formula is C8H6ClF5N2. The van der Waals surface area contributed by atoms with Crippen LogP contribution in [0.3, 0.4) is 0 Å². The van der Waals surface area contributed by atoms with Crippen LogP contribution in [0.4, 0.5) is 27.6 Å². The summed E-state index contributed by atoms with van der Waals surface area (Å²) in [5, 5.41) is 0. The Balaban J connectivity index is 3.47. The molecule has 0 amide bonds. The van der Waals surface area contributed by atoms with E-state index in [1.807, 2.05) is 0 Å². The fourth-order valence-electron chi connectivity index (χ4n) is 1.19. The van der Waals surface area contributed by atoms with Crippen molar-refractivity contribution in [3.8, 4) is 0 Å². The van der Waals surface area contributed by atoms with Crippen molar-refractivity contribution in [1.82, 2.24) is 4.98 Å². The highest BCUT2D eigenvalue weighted by molar-refractivity contribution is 6.17. The van der Waals surface area contributed by atoms with E-state index in [2.05, 4.69) is 4.98 Å². The lowest BCUT2D eigenvalue weighted by atomic mass is 10.1. The van der Waals surface area contributed by atoms with Gasteiger partial charge >= 0.3 is 6.18 Å². The summed E-state index contributed by atoms with van der Waals surface area (Å²) >= 11 is 5.26. The lowest BCUT2D eigenvalue weighted by molar-refractivity contribution is -0.137. The van der Waals surface area contributed by atoms with Crippen molar-refractivity contribution in [1.29, 1.82) is 0 Å². The number of pyridine rings is 1. The maximum atomic E-state index is 12.5. The largest absolute Gasteiger partial charge is 0.418 e. The quantitative estimate of drug-likeness (QED) is 0.654. The Hall–Kier alpha value is -1.11. The number of aromatic nitrogens is 1. The number of nitrogen functional groups attached to an aromatic ring is 1. The van der Waals surface area contributed by atoms with Crippen LogP contribution in [0.25, 0.3) is 0 Å². The molecule has 1 rings (SSSR count). The van der Waals surface area contributed by atoms with Gasteiger partial charge in [0.15, 0.2) is 0 Å². The molecule has 1 heterocycles. The summed E-state index contributed by atoms with van der Waals surface area (Å²) in [6.07, 6.45) is -7.33. The first kappa shape index (κ1) is 13.0. The van der Waals surface area contributed by atoms with Crippen LogP contribution in [-0.2, 0) is 12.1 Å². The number of anilines is 1. The Morgan fingerprint density at radius 3 is 2.31 bits per heavy atom. The molecule has 1 aromatic heterocycles. The van der Waals surface area contributed by atoms with E-state index in [1.54, 1.807) is 0 Å². The van der Waals surface area contributed by atoms with E-state index in [9.17, 15) is 22.0 Å². The maximum absolute atomic E-state index is 12.5. The molecule has 0 aliphatic rings. The highest BCUT2D eigenvalue weighted by Gasteiger charge is 2.37. The average molecular weight is 261 g/mol. The molecule has 0 bridgehead atoms. The molecule has 16 heavy (non-hydrogen) atoms. The van der Waals surface area contributed by atoms with Crippen molar-refractivity contribution in [3.05, 3.63) is 23.0 Å². The van der Waals surface area contributed by atoms with Gasteiger partial charge in [-0.3, -0.25) is 4.98 Å². The Morgan fingerprint density at radius 1 is 1.38 bits per heavy atom. The summed E-state index contributed by atoms with van der Waals surface area (Å²) in [5.41, 5.74) is 1.11. The standard InChI is InChI=1S/C8H6ClF5N2/c9-1-3-2-16-6(7(10)11)5(15)4(3)8(12,13)14/h2,7H,1,15H2. The molecule has 0 fully saturated rings. The van der Waals surface area contributed by atoms with E-state index < -0.39 is 41.0 Å². The van der Waals surface area contributed by atoms with Crippen molar-refractivity contribution < 1.29 is 22.0 Å². The van der Waals surface area contributed by atoms with Crippen LogP contribution in [0.5, 0.6) is 0 Å². The molecule has 8 heteroatoms. The van der Waals surface area contributed by atoms with Crippen LogP contribution in [-0.4, -0.2) is 4.98 Å². The van der Waals surface area contributed by atoms with Gasteiger partial charge in [-0.2, -0.15) is 13.2 Å². The number of halogens is 6. The van der Waals surface area contributed by atoms with Crippen molar-refractivity contribution in [2.75, 3.05) is 5.73 Å². The second-order valence-corrected chi connectivity index (χ2v) is 3.16. The highest BCUT2D eigenvalue weighted by Crippen LogP contribution is 2.39. The van der Waals surface area contributed by atoms with Gasteiger partial charge in [-0.25, -0.2) is 8.78 Å². The number of rotatable bonds is 2. The van der Waals surface area contributed by atoms with Crippen molar-refractivity contribution in [2.24, 2.45) is 0 Å². The van der Waals surface area contributed by atoms with E-state index in [1.165, 1.54) is 0 Å². The van der Waals surface area contributed by atoms with Crippen molar-refractivity contribution in [3.63, 3.8) is 0 Å². The monoisotopic (exact) mass is 260 g/mol. The summed E-state index contributed by atoms with van der Waals surface area (Å²) in [4.78, 5) is 3.16. The van der Waals surface area contributed by atoms with E-state index in [0.717, 1.165) is 0 Å². The molecule has 0 saturated carbocycles. The minimum Gasteiger partial charge on any atom is -0.397 e. The van der Waals surface area contributed by atoms with Gasteiger partial charge in [0.2, 0.25) is 0 Å². The van der Waals surface area contributed by atoms with Gasteiger partial charge in [-0.1, -0.05) is 0 Å². The van der Waals surface area contributed by atoms with Crippen LogP contribution in [0, 0.1) is 0 Å². The third-order valence-corrected chi connectivity index (χ3v) is 2.15. The van der Waals surface area contributed by atoms with Gasteiger partial charge in [-0.15, -0.1) is 11.6 Å². The molecule has 0 aromatic carbocycles. The third kappa shape index (κ3) is 2.34. The van der Waals surface area contributed by atoms with Gasteiger partial charge in [0.05, 0.1) is 11.3 Å². The van der Waals surface area contributed by atoms with Crippen LogP contribution >= 0.6 is 11.6 Å². The fourth-order valence-corrected chi connectivity index (χ4v) is 1.40. The zero-order valence-electron chi connectivity index (χ0n) is 7.65. The number of hydrogen-bond acceptors (Lipinski definition) is 2. The first-order valence-electron chi connectivity index (χ1n) is 3.97. The van der Waals surface area contributed by atoms with Crippen molar-refractivity contribution >= 4 is 17.3 Å². The number of nitrogens with zero attached hydrogens (tertiary/aromatic N) is 1. The normalized spacial score (nSPS) is 12.2. The topological polar surface area (TPSA) is 38.9 Å². The van der Waals surface area contributed by atoms with Crippen LogP contribution in [0.2, 0.25) is 0 Å². The molecule has 90 valence electrons. The van der Waals surface area contributed by atoms with Crippen molar-refractivity contribution in [2.45, 2.75) is 18.5 Å². The Morgan fingerprint density at radius 2 is 1.94 bits per heavy atom. The van der Waals surface area contributed by atoms with E-state index in [4.69, 9.17) is 17.3 Å². The summed E-state index contributed by atoms with van der Waals surface area (Å²) in [7, 11) is 0. The first-order chi connectivity index (χ1) is 7.29. The second-order valence-electron chi connectivity index (χ2n) is 2.89. The Bertz CT molecular complexity index is 391. The van der Waals surface area contributed by atoms with Crippen LogP contribution < -0.4 is 5.73 Å². The van der Waals surface area contributed by atoms with Gasteiger partial charge in [-0.05, 0) is 5.56 Å². The SMILES string of the molecule is Nc1c(C(F)F)ncc(CCl)c1C(F)(F)F. The zero-order chi connectivity index (χ0) is 12.5. The molecular weight excluding hydrogens is 255 g/mol. The summed E-state index contributed by atoms with van der Waals surface area (Å²) in [6, 6.07) is 0. The van der Waals surface area contributed by atoms with Crippen LogP contribution in [0.15, 0.2) is 6.20 Å².